The Morgan fingerprint density at radius 2 is 2.21 bits per heavy atom. The van der Waals surface area contributed by atoms with Crippen LogP contribution in [-0.2, 0) is 9.53 Å². The number of ether oxygens (including phenoxy) is 1. The van der Waals surface area contributed by atoms with Crippen LogP contribution in [0.5, 0.6) is 0 Å². The van der Waals surface area contributed by atoms with E-state index < -0.39 is 0 Å². The highest BCUT2D eigenvalue weighted by Gasteiger charge is 2.11. The molecule has 4 nitrogen and oxygen atoms in total. The van der Waals surface area contributed by atoms with Gasteiger partial charge in [0.15, 0.2) is 0 Å². The Labute approximate surface area is 85.6 Å². The Balaban J connectivity index is 3.53. The molecule has 0 bridgehead atoms. The Morgan fingerprint density at radius 1 is 1.57 bits per heavy atom. The van der Waals surface area contributed by atoms with Gasteiger partial charge in [-0.25, -0.2) is 0 Å². The second kappa shape index (κ2) is 7.76. The number of carbonyl (C=O) groups excluding carboxylic acids is 1. The van der Waals surface area contributed by atoms with Crippen LogP contribution < -0.4 is 5.32 Å². The average molecular weight is 203 g/mol. The molecule has 0 heterocycles. The molecule has 2 unspecified atom stereocenters. The molecular formula is C10H21NO3. The van der Waals surface area contributed by atoms with Crippen molar-refractivity contribution in [3.8, 4) is 0 Å². The normalized spacial score (nSPS) is 14.9. The SMILES string of the molecule is CCC(O)CCNC(=O)C(C)COC. The van der Waals surface area contributed by atoms with E-state index in [1.807, 2.05) is 13.8 Å². The van der Waals surface area contributed by atoms with Crippen LogP contribution >= 0.6 is 0 Å². The lowest BCUT2D eigenvalue weighted by Gasteiger charge is -2.12. The third kappa shape index (κ3) is 5.94. The topological polar surface area (TPSA) is 58.6 Å². The summed E-state index contributed by atoms with van der Waals surface area (Å²) >= 11 is 0. The smallest absolute Gasteiger partial charge is 0.225 e. The minimum Gasteiger partial charge on any atom is -0.393 e. The van der Waals surface area contributed by atoms with Gasteiger partial charge in [0.2, 0.25) is 5.91 Å². The predicted molar refractivity (Wildman–Crippen MR) is 55.0 cm³/mol. The first-order valence-corrected chi connectivity index (χ1v) is 5.06. The van der Waals surface area contributed by atoms with Gasteiger partial charge in [-0.2, -0.15) is 0 Å². The molecule has 4 heteroatoms. The van der Waals surface area contributed by atoms with Crippen LogP contribution in [0.3, 0.4) is 0 Å². The first kappa shape index (κ1) is 13.4. The maximum absolute atomic E-state index is 11.3. The van der Waals surface area contributed by atoms with Crippen LogP contribution in [-0.4, -0.2) is 37.4 Å². The van der Waals surface area contributed by atoms with E-state index in [4.69, 9.17) is 4.74 Å². The maximum Gasteiger partial charge on any atom is 0.225 e. The van der Waals surface area contributed by atoms with Gasteiger partial charge >= 0.3 is 0 Å². The summed E-state index contributed by atoms with van der Waals surface area (Å²) in [5, 5.41) is 12.0. The number of methoxy groups -OCH3 is 1. The van der Waals surface area contributed by atoms with Crippen molar-refractivity contribution in [3.63, 3.8) is 0 Å². The van der Waals surface area contributed by atoms with Crippen LogP contribution in [0.1, 0.15) is 26.7 Å². The van der Waals surface area contributed by atoms with Crippen molar-refractivity contribution in [3.05, 3.63) is 0 Å². The number of aliphatic hydroxyl groups excluding tert-OH is 1. The summed E-state index contributed by atoms with van der Waals surface area (Å²) in [4.78, 5) is 11.3. The third-order valence-corrected chi connectivity index (χ3v) is 2.11. The molecule has 0 rings (SSSR count). The van der Waals surface area contributed by atoms with E-state index >= 15 is 0 Å². The van der Waals surface area contributed by atoms with Gasteiger partial charge in [0.25, 0.3) is 0 Å². The molecule has 0 aliphatic rings. The molecule has 0 saturated heterocycles. The predicted octanol–water partition coefficient (Wildman–Crippen LogP) is 0.546. The number of carbonyl (C=O) groups is 1. The van der Waals surface area contributed by atoms with Gasteiger partial charge in [-0.15, -0.1) is 0 Å². The van der Waals surface area contributed by atoms with Gasteiger partial charge < -0.3 is 15.2 Å². The van der Waals surface area contributed by atoms with Crippen LogP contribution in [0, 0.1) is 5.92 Å². The van der Waals surface area contributed by atoms with E-state index in [0.29, 0.717) is 19.6 Å². The second-order valence-corrected chi connectivity index (χ2v) is 3.50. The van der Waals surface area contributed by atoms with E-state index in [2.05, 4.69) is 5.32 Å². The minimum atomic E-state index is -0.312. The molecule has 14 heavy (non-hydrogen) atoms. The summed E-state index contributed by atoms with van der Waals surface area (Å²) in [7, 11) is 1.57. The highest BCUT2D eigenvalue weighted by Crippen LogP contribution is 1.97. The lowest BCUT2D eigenvalue weighted by molar-refractivity contribution is -0.126. The molecule has 0 radical (unpaired) electrons. The third-order valence-electron chi connectivity index (χ3n) is 2.11. The molecule has 0 aliphatic carbocycles. The van der Waals surface area contributed by atoms with Gasteiger partial charge in [0.05, 0.1) is 18.6 Å². The van der Waals surface area contributed by atoms with Crippen LogP contribution in [0.15, 0.2) is 0 Å². The first-order valence-electron chi connectivity index (χ1n) is 5.06. The van der Waals surface area contributed by atoms with Crippen LogP contribution in [0.25, 0.3) is 0 Å². The molecule has 0 spiro atoms. The highest BCUT2D eigenvalue weighted by atomic mass is 16.5. The zero-order valence-corrected chi connectivity index (χ0v) is 9.25. The average Bonchev–Trinajstić information content (AvgIpc) is 2.17. The monoisotopic (exact) mass is 203 g/mol. The van der Waals surface area contributed by atoms with E-state index in [-0.39, 0.29) is 17.9 Å². The first-order chi connectivity index (χ1) is 6.61. The molecule has 0 aromatic heterocycles. The molecular weight excluding hydrogens is 182 g/mol. The maximum atomic E-state index is 11.3. The Morgan fingerprint density at radius 3 is 2.71 bits per heavy atom. The fraction of sp³-hybridized carbons (Fsp3) is 0.900. The largest absolute Gasteiger partial charge is 0.393 e. The zero-order valence-electron chi connectivity index (χ0n) is 9.25. The Kier molecular flexibility index (Phi) is 7.42. The number of hydrogen-bond donors (Lipinski definition) is 2. The number of rotatable bonds is 7. The lowest BCUT2D eigenvalue weighted by Crippen LogP contribution is -2.33. The van der Waals surface area contributed by atoms with Crippen LogP contribution in [0.2, 0.25) is 0 Å². The van der Waals surface area contributed by atoms with E-state index in [0.717, 1.165) is 6.42 Å². The van der Waals surface area contributed by atoms with Gasteiger partial charge in [-0.3, -0.25) is 4.79 Å². The summed E-state index contributed by atoms with van der Waals surface area (Å²) in [5.41, 5.74) is 0. The fourth-order valence-electron chi connectivity index (χ4n) is 1.07. The van der Waals surface area contributed by atoms with Gasteiger partial charge in [-0.05, 0) is 12.8 Å². The van der Waals surface area contributed by atoms with Crippen molar-refractivity contribution in [2.45, 2.75) is 32.8 Å². The molecule has 2 N–H and O–H groups in total. The quantitative estimate of drug-likeness (QED) is 0.635. The van der Waals surface area contributed by atoms with Crippen molar-refractivity contribution >= 4 is 5.91 Å². The standard InChI is InChI=1S/C10H21NO3/c1-4-9(12)5-6-11-10(13)8(2)7-14-3/h8-9,12H,4-7H2,1-3H3,(H,11,13). The van der Waals surface area contributed by atoms with Crippen molar-refractivity contribution in [1.29, 1.82) is 0 Å². The van der Waals surface area contributed by atoms with E-state index in [1.54, 1.807) is 7.11 Å². The highest BCUT2D eigenvalue weighted by molar-refractivity contribution is 5.78. The molecule has 0 aromatic rings. The zero-order chi connectivity index (χ0) is 11.0. The van der Waals surface area contributed by atoms with Crippen molar-refractivity contribution in [2.75, 3.05) is 20.3 Å². The molecule has 0 aliphatic heterocycles. The number of nitrogens with one attached hydrogen (secondary N) is 1. The van der Waals surface area contributed by atoms with Gasteiger partial charge in [0.1, 0.15) is 0 Å². The second-order valence-electron chi connectivity index (χ2n) is 3.50. The summed E-state index contributed by atoms with van der Waals surface area (Å²) in [5.74, 6) is -0.145. The molecule has 1 amide bonds. The Hall–Kier alpha value is -0.610. The fourth-order valence-corrected chi connectivity index (χ4v) is 1.07. The molecule has 0 fully saturated rings. The van der Waals surface area contributed by atoms with Crippen molar-refractivity contribution < 1.29 is 14.6 Å². The van der Waals surface area contributed by atoms with Crippen molar-refractivity contribution in [2.24, 2.45) is 5.92 Å². The molecule has 84 valence electrons. The van der Waals surface area contributed by atoms with E-state index in [9.17, 15) is 9.90 Å². The lowest BCUT2D eigenvalue weighted by atomic mass is 10.1. The van der Waals surface area contributed by atoms with Crippen molar-refractivity contribution in [1.82, 2.24) is 5.32 Å². The van der Waals surface area contributed by atoms with Crippen LogP contribution in [0.4, 0.5) is 0 Å². The van der Waals surface area contributed by atoms with Gasteiger partial charge in [-0.1, -0.05) is 13.8 Å². The summed E-state index contributed by atoms with van der Waals surface area (Å²) in [6.45, 7) is 4.69. The molecule has 0 aromatic carbocycles. The van der Waals surface area contributed by atoms with E-state index in [1.165, 1.54) is 0 Å². The summed E-state index contributed by atoms with van der Waals surface area (Å²) in [6, 6.07) is 0. The van der Waals surface area contributed by atoms with Gasteiger partial charge in [0, 0.05) is 13.7 Å². The number of aliphatic hydroxyl groups is 1. The summed E-state index contributed by atoms with van der Waals surface area (Å²) in [6.07, 6.45) is 1.03. The summed E-state index contributed by atoms with van der Waals surface area (Å²) < 4.78 is 4.86. The minimum absolute atomic E-state index is 0.0184. The number of hydrogen-bond acceptors (Lipinski definition) is 3. The molecule has 0 saturated carbocycles. The number of amides is 1. The Bertz CT molecular complexity index is 161. The molecule has 2 atom stereocenters.